The first kappa shape index (κ1) is 12.8. The summed E-state index contributed by atoms with van der Waals surface area (Å²) >= 11 is 10.9. The minimum Gasteiger partial charge on any atom is -0.465 e. The van der Waals surface area contributed by atoms with Crippen LogP contribution in [0.5, 0.6) is 0 Å². The quantitative estimate of drug-likeness (QED) is 0.420. The summed E-state index contributed by atoms with van der Waals surface area (Å²) in [6.45, 7) is 2.24. The van der Waals surface area contributed by atoms with Gasteiger partial charge in [-0.3, -0.25) is 4.79 Å². The number of ether oxygens (including phenoxy) is 1. The molecule has 0 heterocycles. The Bertz CT molecular complexity index is 121. The second-order valence-electron chi connectivity index (χ2n) is 1.02. The average molecular weight is 243 g/mol. The van der Waals surface area contributed by atoms with E-state index in [1.807, 2.05) is 4.31 Å². The number of esters is 1. The van der Waals surface area contributed by atoms with E-state index in [4.69, 9.17) is 0 Å². The molecule has 0 N–H and O–H groups in total. The number of thiocarbonyl (C=S) groups is 2. The largest absolute Gasteiger partial charge is 0.465 e. The highest BCUT2D eigenvalue weighted by atomic mass is 79.9. The first-order valence-electron chi connectivity index (χ1n) is 2.43. The molecule has 0 aromatic rings. The van der Waals surface area contributed by atoms with Crippen molar-refractivity contribution >= 4 is 50.6 Å². The molecule has 0 aromatic carbocycles. The maximum absolute atomic E-state index is 10.1. The summed E-state index contributed by atoms with van der Waals surface area (Å²) in [5, 5.41) is 0.292. The number of rotatable bonds is 2. The molecule has 0 spiro atoms. The average Bonchev–Trinajstić information content (AvgIpc) is 1.90. The molecule has 0 rings (SSSR count). The van der Waals surface area contributed by atoms with Gasteiger partial charge in [0.05, 0.1) is 6.61 Å². The van der Waals surface area contributed by atoms with Crippen molar-refractivity contribution in [2.75, 3.05) is 11.9 Å². The molecule has 0 aliphatic heterocycles. The maximum atomic E-state index is 10.1. The van der Waals surface area contributed by atoms with Gasteiger partial charge in [0.25, 0.3) is 0 Å². The molecule has 0 amide bonds. The molecule has 0 saturated carbocycles. The summed E-state index contributed by atoms with van der Waals surface area (Å²) in [7, 11) is 0. The molecule has 0 bridgehead atoms. The third-order valence-corrected chi connectivity index (χ3v) is 0.872. The number of alkyl halides is 1. The zero-order valence-electron chi connectivity index (χ0n) is 5.43. The Kier molecular flexibility index (Phi) is 15.3. The summed E-state index contributed by atoms with van der Waals surface area (Å²) in [6, 6.07) is 0. The van der Waals surface area contributed by atoms with Crippen LogP contribution in [0.2, 0.25) is 0 Å². The molecular formula is C5H7BrO2S2. The van der Waals surface area contributed by atoms with E-state index in [0.29, 0.717) is 11.9 Å². The molecule has 0 unspecified atom stereocenters. The molecule has 0 atom stereocenters. The zero-order valence-corrected chi connectivity index (χ0v) is 8.64. The summed E-state index contributed by atoms with van der Waals surface area (Å²) in [4.78, 5) is 10.1. The number of hydrogen-bond donors (Lipinski definition) is 0. The van der Waals surface area contributed by atoms with Gasteiger partial charge in [0, 0.05) is 4.31 Å². The lowest BCUT2D eigenvalue weighted by Gasteiger charge is -1.92. The van der Waals surface area contributed by atoms with Crippen molar-refractivity contribution in [3.63, 3.8) is 0 Å². The Morgan fingerprint density at radius 3 is 2.20 bits per heavy atom. The maximum Gasteiger partial charge on any atom is 0.316 e. The standard InChI is InChI=1S/C4H7BrO2.CS2/c1-2-7-4(6)3-5;2-1-3/h2-3H2,1H3;. The van der Waals surface area contributed by atoms with Gasteiger partial charge in [-0.2, -0.15) is 0 Å². The number of carbonyl (C=O) groups excluding carboxylic acids is 1. The van der Waals surface area contributed by atoms with Crippen LogP contribution >= 0.6 is 40.4 Å². The van der Waals surface area contributed by atoms with Crippen LogP contribution in [0, 0.1) is 0 Å². The van der Waals surface area contributed by atoms with Crippen LogP contribution in [0.15, 0.2) is 0 Å². The van der Waals surface area contributed by atoms with Crippen molar-refractivity contribution in [3.8, 4) is 0 Å². The minimum absolute atomic E-state index is 0.206. The van der Waals surface area contributed by atoms with E-state index in [9.17, 15) is 4.79 Å². The fourth-order valence-electron chi connectivity index (χ4n) is 0.200. The topological polar surface area (TPSA) is 26.3 Å². The first-order valence-corrected chi connectivity index (χ1v) is 4.37. The normalized spacial score (nSPS) is 6.60. The lowest BCUT2D eigenvalue weighted by molar-refractivity contribution is -0.139. The Balaban J connectivity index is 0. The Hall–Kier alpha value is 0.170. The zero-order chi connectivity index (χ0) is 8.41. The molecule has 58 valence electrons. The molecule has 0 aliphatic carbocycles. The highest BCUT2D eigenvalue weighted by Gasteiger charge is 1.92. The van der Waals surface area contributed by atoms with E-state index in [-0.39, 0.29) is 5.97 Å². The molecule has 0 aromatic heterocycles. The van der Waals surface area contributed by atoms with Crippen LogP contribution in [0.4, 0.5) is 0 Å². The third kappa shape index (κ3) is 15.7. The van der Waals surface area contributed by atoms with Gasteiger partial charge in [-0.05, 0) is 31.4 Å². The van der Waals surface area contributed by atoms with Crippen molar-refractivity contribution < 1.29 is 9.53 Å². The van der Waals surface area contributed by atoms with Crippen LogP contribution in [0.25, 0.3) is 0 Å². The van der Waals surface area contributed by atoms with Gasteiger partial charge in [-0.25, -0.2) is 0 Å². The molecular weight excluding hydrogens is 236 g/mol. The van der Waals surface area contributed by atoms with Crippen molar-refractivity contribution in [2.24, 2.45) is 0 Å². The lowest BCUT2D eigenvalue weighted by Crippen LogP contribution is -2.03. The van der Waals surface area contributed by atoms with Crippen LogP contribution in [-0.2, 0) is 9.53 Å². The van der Waals surface area contributed by atoms with Crippen LogP contribution in [0.3, 0.4) is 0 Å². The van der Waals surface area contributed by atoms with E-state index in [1.165, 1.54) is 0 Å². The first-order chi connectivity index (χ1) is 4.72. The Morgan fingerprint density at radius 2 is 2.10 bits per heavy atom. The van der Waals surface area contributed by atoms with Crippen molar-refractivity contribution in [2.45, 2.75) is 6.92 Å². The van der Waals surface area contributed by atoms with Crippen LogP contribution < -0.4 is 0 Å². The molecule has 0 radical (unpaired) electrons. The highest BCUT2D eigenvalue weighted by Crippen LogP contribution is 1.82. The van der Waals surface area contributed by atoms with Gasteiger partial charge in [0.2, 0.25) is 0 Å². The number of carbonyl (C=O) groups is 1. The minimum atomic E-state index is -0.206. The van der Waals surface area contributed by atoms with Crippen LogP contribution in [0.1, 0.15) is 6.92 Å². The van der Waals surface area contributed by atoms with Crippen molar-refractivity contribution in [1.29, 1.82) is 0 Å². The fourth-order valence-corrected chi connectivity index (χ4v) is 0.361. The second-order valence-corrected chi connectivity index (χ2v) is 2.25. The molecule has 2 nitrogen and oxygen atoms in total. The third-order valence-electron chi connectivity index (χ3n) is 0.414. The highest BCUT2D eigenvalue weighted by molar-refractivity contribution is 9.09. The summed E-state index contributed by atoms with van der Waals surface area (Å²) < 4.78 is 6.42. The van der Waals surface area contributed by atoms with Crippen molar-refractivity contribution in [3.05, 3.63) is 0 Å². The molecule has 5 heteroatoms. The Labute approximate surface area is 79.1 Å². The molecule has 10 heavy (non-hydrogen) atoms. The van der Waals surface area contributed by atoms with Gasteiger partial charge in [-0.15, -0.1) is 0 Å². The fraction of sp³-hybridized carbons (Fsp3) is 0.600. The number of halogens is 1. The Morgan fingerprint density at radius 1 is 1.70 bits per heavy atom. The van der Waals surface area contributed by atoms with E-state index in [2.05, 4.69) is 45.1 Å². The molecule has 0 saturated heterocycles. The molecule has 0 fully saturated rings. The van der Waals surface area contributed by atoms with E-state index in [1.54, 1.807) is 6.92 Å². The van der Waals surface area contributed by atoms with Gasteiger partial charge in [0.1, 0.15) is 5.33 Å². The van der Waals surface area contributed by atoms with E-state index in [0.717, 1.165) is 0 Å². The van der Waals surface area contributed by atoms with E-state index >= 15 is 0 Å². The summed E-state index contributed by atoms with van der Waals surface area (Å²) in [6.07, 6.45) is 0. The van der Waals surface area contributed by atoms with Gasteiger partial charge < -0.3 is 4.74 Å². The van der Waals surface area contributed by atoms with Crippen LogP contribution in [-0.4, -0.2) is 22.2 Å². The predicted molar refractivity (Wildman–Crippen MR) is 50.6 cm³/mol. The SMILES string of the molecule is CCOC(=O)CBr.S=C=S. The predicted octanol–water partition coefficient (Wildman–Crippen LogP) is 1.96. The monoisotopic (exact) mass is 242 g/mol. The van der Waals surface area contributed by atoms with Crippen molar-refractivity contribution in [1.82, 2.24) is 0 Å². The number of hydrogen-bond acceptors (Lipinski definition) is 4. The lowest BCUT2D eigenvalue weighted by atomic mass is 10.8. The van der Waals surface area contributed by atoms with Gasteiger partial charge in [-0.1, -0.05) is 15.9 Å². The second kappa shape index (κ2) is 11.9. The summed E-state index contributed by atoms with van der Waals surface area (Å²) in [5.74, 6) is -0.206. The summed E-state index contributed by atoms with van der Waals surface area (Å²) in [5.41, 5.74) is 0. The van der Waals surface area contributed by atoms with Gasteiger partial charge in [0.15, 0.2) is 0 Å². The molecule has 0 aliphatic rings. The van der Waals surface area contributed by atoms with Gasteiger partial charge >= 0.3 is 5.97 Å². The smallest absolute Gasteiger partial charge is 0.316 e. The van der Waals surface area contributed by atoms with E-state index < -0.39 is 0 Å².